The van der Waals surface area contributed by atoms with Crippen LogP contribution in [0.15, 0.2) is 0 Å². The number of nitrogens with one attached hydrogen (secondary N) is 1. The van der Waals surface area contributed by atoms with Gasteiger partial charge in [-0.25, -0.2) is 0 Å². The zero-order valence-corrected chi connectivity index (χ0v) is 10.7. The van der Waals surface area contributed by atoms with Crippen LogP contribution in [0.25, 0.3) is 0 Å². The molecule has 3 nitrogen and oxygen atoms in total. The monoisotopic (exact) mass is 226 g/mol. The van der Waals surface area contributed by atoms with Gasteiger partial charge in [-0.1, -0.05) is 13.8 Å². The molecule has 16 heavy (non-hydrogen) atoms. The maximum absolute atomic E-state index is 5.59. The van der Waals surface area contributed by atoms with Gasteiger partial charge >= 0.3 is 0 Å². The second-order valence-electron chi connectivity index (χ2n) is 5.65. The van der Waals surface area contributed by atoms with Gasteiger partial charge in [0.05, 0.1) is 6.61 Å². The summed E-state index contributed by atoms with van der Waals surface area (Å²) in [4.78, 5) is 2.64. The Labute approximate surface area is 99.5 Å². The molecule has 0 saturated carbocycles. The second-order valence-corrected chi connectivity index (χ2v) is 5.65. The maximum Gasteiger partial charge on any atom is 0.0621 e. The number of hydrogen-bond donors (Lipinski definition) is 1. The first-order valence-corrected chi connectivity index (χ1v) is 6.81. The summed E-state index contributed by atoms with van der Waals surface area (Å²) in [6, 6.07) is 1.38. The molecule has 0 aliphatic carbocycles. The topological polar surface area (TPSA) is 24.5 Å². The number of hydrogen-bond acceptors (Lipinski definition) is 3. The normalized spacial score (nSPS) is 33.2. The maximum atomic E-state index is 5.59. The Hall–Kier alpha value is -0.120. The van der Waals surface area contributed by atoms with Gasteiger partial charge in [-0.2, -0.15) is 0 Å². The van der Waals surface area contributed by atoms with Gasteiger partial charge in [0.1, 0.15) is 0 Å². The molecule has 0 spiro atoms. The molecule has 0 aromatic heterocycles. The largest absolute Gasteiger partial charge is 0.380 e. The molecule has 1 N–H and O–H groups in total. The summed E-state index contributed by atoms with van der Waals surface area (Å²) in [6.45, 7) is 10.1. The summed E-state index contributed by atoms with van der Waals surface area (Å²) < 4.78 is 5.59. The van der Waals surface area contributed by atoms with Gasteiger partial charge in [0, 0.05) is 38.3 Å². The fourth-order valence-corrected chi connectivity index (χ4v) is 2.92. The van der Waals surface area contributed by atoms with Gasteiger partial charge in [-0.15, -0.1) is 0 Å². The number of ether oxygens (including phenoxy) is 1. The van der Waals surface area contributed by atoms with Gasteiger partial charge in [0.2, 0.25) is 0 Å². The van der Waals surface area contributed by atoms with Crippen molar-refractivity contribution >= 4 is 0 Å². The van der Waals surface area contributed by atoms with E-state index in [1.54, 1.807) is 0 Å². The van der Waals surface area contributed by atoms with Crippen molar-refractivity contribution in [3.63, 3.8) is 0 Å². The van der Waals surface area contributed by atoms with Crippen molar-refractivity contribution in [2.45, 2.75) is 45.2 Å². The molecule has 2 atom stereocenters. The van der Waals surface area contributed by atoms with Crippen LogP contribution in [0.2, 0.25) is 0 Å². The van der Waals surface area contributed by atoms with Crippen LogP contribution in [-0.4, -0.2) is 49.8 Å². The first kappa shape index (κ1) is 12.3. The van der Waals surface area contributed by atoms with Crippen LogP contribution in [0.4, 0.5) is 0 Å². The Kier molecular flexibility index (Phi) is 4.62. The second kappa shape index (κ2) is 5.99. The number of rotatable bonds is 3. The SMILES string of the molecule is CC(C)CC1CN(C2CCCOC2)CCN1. The third kappa shape index (κ3) is 3.44. The zero-order valence-electron chi connectivity index (χ0n) is 10.7. The van der Waals surface area contributed by atoms with Crippen LogP contribution in [-0.2, 0) is 4.74 Å². The average Bonchev–Trinajstić information content (AvgIpc) is 2.30. The summed E-state index contributed by atoms with van der Waals surface area (Å²) in [5.74, 6) is 0.792. The lowest BCUT2D eigenvalue weighted by Gasteiger charge is -2.40. The molecule has 2 aliphatic rings. The molecular weight excluding hydrogens is 200 g/mol. The highest BCUT2D eigenvalue weighted by Crippen LogP contribution is 2.17. The Bertz CT molecular complexity index is 202. The molecule has 0 radical (unpaired) electrons. The summed E-state index contributed by atoms with van der Waals surface area (Å²) >= 11 is 0. The van der Waals surface area contributed by atoms with Crippen LogP contribution in [0, 0.1) is 5.92 Å². The smallest absolute Gasteiger partial charge is 0.0621 e. The Morgan fingerprint density at radius 3 is 3.00 bits per heavy atom. The van der Waals surface area contributed by atoms with E-state index < -0.39 is 0 Å². The summed E-state index contributed by atoms with van der Waals surface area (Å²) in [6.07, 6.45) is 3.86. The minimum atomic E-state index is 0.686. The summed E-state index contributed by atoms with van der Waals surface area (Å²) in [7, 11) is 0. The molecule has 94 valence electrons. The quantitative estimate of drug-likeness (QED) is 0.789. The van der Waals surface area contributed by atoms with Crippen molar-refractivity contribution in [1.82, 2.24) is 10.2 Å². The van der Waals surface area contributed by atoms with Gasteiger partial charge in [0.25, 0.3) is 0 Å². The fraction of sp³-hybridized carbons (Fsp3) is 1.00. The van der Waals surface area contributed by atoms with Crippen LogP contribution in [0.1, 0.15) is 33.1 Å². The van der Waals surface area contributed by atoms with Crippen LogP contribution < -0.4 is 5.32 Å². The first-order chi connectivity index (χ1) is 7.75. The molecule has 0 aromatic carbocycles. The number of nitrogens with zero attached hydrogens (tertiary/aromatic N) is 1. The molecule has 2 unspecified atom stereocenters. The lowest BCUT2D eigenvalue weighted by Crippen LogP contribution is -2.55. The summed E-state index contributed by atoms with van der Waals surface area (Å²) in [5, 5.41) is 3.64. The Balaban J connectivity index is 1.80. The van der Waals surface area contributed by atoms with Crippen molar-refractivity contribution in [1.29, 1.82) is 0 Å². The lowest BCUT2D eigenvalue weighted by molar-refractivity contribution is 0.00607. The molecule has 2 heterocycles. The van der Waals surface area contributed by atoms with Crippen LogP contribution in [0.3, 0.4) is 0 Å². The third-order valence-electron chi connectivity index (χ3n) is 3.70. The van der Waals surface area contributed by atoms with Crippen molar-refractivity contribution in [3.05, 3.63) is 0 Å². The predicted molar refractivity (Wildman–Crippen MR) is 66.7 cm³/mol. The van der Waals surface area contributed by atoms with E-state index in [1.807, 2.05) is 0 Å². The molecule has 0 amide bonds. The molecule has 2 rings (SSSR count). The fourth-order valence-electron chi connectivity index (χ4n) is 2.92. The van der Waals surface area contributed by atoms with E-state index in [0.29, 0.717) is 12.1 Å². The van der Waals surface area contributed by atoms with Gasteiger partial charge in [0.15, 0.2) is 0 Å². The average molecular weight is 226 g/mol. The van der Waals surface area contributed by atoms with Gasteiger partial charge in [-0.05, 0) is 25.2 Å². The van der Waals surface area contributed by atoms with Gasteiger partial charge < -0.3 is 10.1 Å². The van der Waals surface area contributed by atoms with Crippen molar-refractivity contribution < 1.29 is 4.74 Å². The van der Waals surface area contributed by atoms with E-state index in [1.165, 1.54) is 32.4 Å². The van der Waals surface area contributed by atoms with Gasteiger partial charge in [-0.3, -0.25) is 4.90 Å². The molecule has 2 aliphatic heterocycles. The Morgan fingerprint density at radius 1 is 1.44 bits per heavy atom. The lowest BCUT2D eigenvalue weighted by atomic mass is 10.00. The molecule has 3 heteroatoms. The zero-order chi connectivity index (χ0) is 11.4. The van der Waals surface area contributed by atoms with E-state index in [2.05, 4.69) is 24.1 Å². The van der Waals surface area contributed by atoms with Crippen LogP contribution in [0.5, 0.6) is 0 Å². The van der Waals surface area contributed by atoms with Crippen LogP contribution >= 0.6 is 0 Å². The minimum Gasteiger partial charge on any atom is -0.380 e. The highest BCUT2D eigenvalue weighted by atomic mass is 16.5. The standard InChI is InChI=1S/C13H26N2O/c1-11(2)8-12-9-15(6-5-14-12)13-4-3-7-16-10-13/h11-14H,3-10H2,1-2H3. The Morgan fingerprint density at radius 2 is 2.31 bits per heavy atom. The molecule has 2 fully saturated rings. The molecule has 2 saturated heterocycles. The highest BCUT2D eigenvalue weighted by molar-refractivity contribution is 4.84. The van der Waals surface area contributed by atoms with Crippen molar-refractivity contribution in [2.24, 2.45) is 5.92 Å². The molecular formula is C13H26N2O. The summed E-state index contributed by atoms with van der Waals surface area (Å²) in [5.41, 5.74) is 0. The van der Waals surface area contributed by atoms with E-state index in [9.17, 15) is 0 Å². The highest BCUT2D eigenvalue weighted by Gasteiger charge is 2.27. The minimum absolute atomic E-state index is 0.686. The van der Waals surface area contributed by atoms with E-state index in [4.69, 9.17) is 4.74 Å². The third-order valence-corrected chi connectivity index (χ3v) is 3.70. The van der Waals surface area contributed by atoms with Crippen molar-refractivity contribution in [3.8, 4) is 0 Å². The molecule has 0 aromatic rings. The number of piperazine rings is 1. The van der Waals surface area contributed by atoms with E-state index >= 15 is 0 Å². The van der Waals surface area contributed by atoms with Crippen molar-refractivity contribution in [2.75, 3.05) is 32.8 Å². The van der Waals surface area contributed by atoms with E-state index in [-0.39, 0.29) is 0 Å². The molecule has 0 bridgehead atoms. The first-order valence-electron chi connectivity index (χ1n) is 6.81. The van der Waals surface area contributed by atoms with E-state index in [0.717, 1.165) is 25.7 Å². The predicted octanol–water partition coefficient (Wildman–Crippen LogP) is 1.49.